The maximum absolute atomic E-state index is 12.8. The first-order valence-corrected chi connectivity index (χ1v) is 5.87. The second-order valence-electron chi connectivity index (χ2n) is 4.36. The summed E-state index contributed by atoms with van der Waals surface area (Å²) >= 11 is 0. The average molecular weight is 300 g/mol. The quantitative estimate of drug-likeness (QED) is 0.670. The van der Waals surface area contributed by atoms with Gasteiger partial charge in [-0.1, -0.05) is 0 Å². The molecule has 2 N–H and O–H groups in total. The molecule has 0 atom stereocenters. The zero-order valence-electron chi connectivity index (χ0n) is 10.9. The second kappa shape index (κ2) is 5.43. The van der Waals surface area contributed by atoms with E-state index in [0.717, 1.165) is 23.4 Å². The van der Waals surface area contributed by atoms with Crippen molar-refractivity contribution in [3.05, 3.63) is 51.3 Å². The molecule has 0 aliphatic heterocycles. The van der Waals surface area contributed by atoms with Crippen LogP contribution in [0.2, 0.25) is 0 Å². The minimum Gasteiger partial charge on any atom is -0.381 e. The number of alkyl halides is 3. The topological polar surface area (TPSA) is 83.8 Å². The van der Waals surface area contributed by atoms with Crippen LogP contribution in [0.1, 0.15) is 16.8 Å². The summed E-state index contributed by atoms with van der Waals surface area (Å²) in [5.74, 6) is 0. The van der Waals surface area contributed by atoms with Crippen molar-refractivity contribution in [2.75, 3.05) is 5.32 Å². The van der Waals surface area contributed by atoms with Gasteiger partial charge >= 0.3 is 6.18 Å². The molecule has 1 aromatic carbocycles. The highest BCUT2D eigenvalue weighted by Gasteiger charge is 2.38. The standard InChI is InChI=1S/C12H11F3N4O2/c1-7-8(6-17-18-7)5-16-9-2-3-11(19(20)21)10(4-9)12(13,14)15/h2-4,6,16H,5H2,1H3,(H,17,18). The minimum absolute atomic E-state index is 0.147. The number of benzene rings is 1. The molecule has 0 aliphatic carbocycles. The third-order valence-corrected chi connectivity index (χ3v) is 2.92. The molecule has 0 radical (unpaired) electrons. The van der Waals surface area contributed by atoms with Crippen LogP contribution in [0.15, 0.2) is 24.4 Å². The van der Waals surface area contributed by atoms with Gasteiger partial charge in [-0.3, -0.25) is 15.2 Å². The number of aromatic nitrogens is 2. The molecule has 112 valence electrons. The Morgan fingerprint density at radius 1 is 1.43 bits per heavy atom. The maximum atomic E-state index is 12.8. The lowest BCUT2D eigenvalue weighted by atomic mass is 10.1. The summed E-state index contributed by atoms with van der Waals surface area (Å²) in [6.07, 6.45) is -3.23. The Hall–Kier alpha value is -2.58. The van der Waals surface area contributed by atoms with Crippen LogP contribution in [0.3, 0.4) is 0 Å². The molecule has 0 bridgehead atoms. The van der Waals surface area contributed by atoms with Gasteiger partial charge in [-0.15, -0.1) is 0 Å². The van der Waals surface area contributed by atoms with Crippen molar-refractivity contribution in [2.45, 2.75) is 19.6 Å². The number of nitro groups is 1. The van der Waals surface area contributed by atoms with Crippen LogP contribution in [0.25, 0.3) is 0 Å². The van der Waals surface area contributed by atoms with Gasteiger partial charge in [0.05, 0.1) is 11.1 Å². The molecule has 0 saturated carbocycles. The van der Waals surface area contributed by atoms with Crippen LogP contribution in [0.4, 0.5) is 24.5 Å². The Morgan fingerprint density at radius 2 is 2.14 bits per heavy atom. The fraction of sp³-hybridized carbons (Fsp3) is 0.250. The van der Waals surface area contributed by atoms with Crippen molar-refractivity contribution in [2.24, 2.45) is 0 Å². The van der Waals surface area contributed by atoms with Gasteiger partial charge in [0.25, 0.3) is 5.69 Å². The molecule has 9 heteroatoms. The van der Waals surface area contributed by atoms with Gasteiger partial charge in [0.2, 0.25) is 0 Å². The maximum Gasteiger partial charge on any atom is 0.423 e. The fourth-order valence-electron chi connectivity index (χ4n) is 1.78. The second-order valence-corrected chi connectivity index (χ2v) is 4.36. The number of nitrogens with zero attached hydrogens (tertiary/aromatic N) is 2. The summed E-state index contributed by atoms with van der Waals surface area (Å²) in [7, 11) is 0. The Labute approximate surface area is 117 Å². The lowest BCUT2D eigenvalue weighted by Crippen LogP contribution is -2.10. The first-order chi connectivity index (χ1) is 9.79. The first kappa shape index (κ1) is 14.8. The molecule has 0 amide bonds. The zero-order valence-corrected chi connectivity index (χ0v) is 10.9. The van der Waals surface area contributed by atoms with Crippen molar-refractivity contribution in [1.29, 1.82) is 0 Å². The molecule has 6 nitrogen and oxygen atoms in total. The van der Waals surface area contributed by atoms with Crippen LogP contribution >= 0.6 is 0 Å². The average Bonchev–Trinajstić information content (AvgIpc) is 2.80. The number of aryl methyl sites for hydroxylation is 1. The highest BCUT2D eigenvalue weighted by atomic mass is 19.4. The zero-order chi connectivity index (χ0) is 15.6. The van der Waals surface area contributed by atoms with Crippen LogP contribution < -0.4 is 5.32 Å². The number of nitrogens with one attached hydrogen (secondary N) is 2. The summed E-state index contributed by atoms with van der Waals surface area (Å²) in [4.78, 5) is 9.59. The van der Waals surface area contributed by atoms with E-state index in [1.165, 1.54) is 6.07 Å². The number of anilines is 1. The predicted octanol–water partition coefficient (Wildman–Crippen LogP) is 3.26. The van der Waals surface area contributed by atoms with E-state index < -0.39 is 22.4 Å². The SMILES string of the molecule is Cc1[nH]ncc1CNc1ccc([N+](=O)[O-])c(C(F)(F)F)c1. The molecule has 0 fully saturated rings. The molecular formula is C12H11F3N4O2. The Kier molecular flexibility index (Phi) is 3.83. The number of hydrogen-bond acceptors (Lipinski definition) is 4. The van der Waals surface area contributed by atoms with Crippen LogP contribution in [-0.2, 0) is 12.7 Å². The highest BCUT2D eigenvalue weighted by Crippen LogP contribution is 2.37. The van der Waals surface area contributed by atoms with E-state index in [2.05, 4.69) is 15.5 Å². The lowest BCUT2D eigenvalue weighted by molar-refractivity contribution is -0.388. The molecule has 0 aliphatic rings. The van der Waals surface area contributed by atoms with Gasteiger partial charge in [-0.05, 0) is 19.1 Å². The van der Waals surface area contributed by atoms with E-state index in [1.807, 2.05) is 0 Å². The molecule has 2 rings (SSSR count). The number of H-pyrrole nitrogens is 1. The van der Waals surface area contributed by atoms with Gasteiger partial charge in [-0.25, -0.2) is 0 Å². The van der Waals surface area contributed by atoms with Gasteiger partial charge in [0.15, 0.2) is 0 Å². The van der Waals surface area contributed by atoms with E-state index in [-0.39, 0.29) is 12.2 Å². The van der Waals surface area contributed by atoms with Crippen LogP contribution in [0.5, 0.6) is 0 Å². The van der Waals surface area contributed by atoms with Crippen molar-refractivity contribution in [3.63, 3.8) is 0 Å². The smallest absolute Gasteiger partial charge is 0.381 e. The summed E-state index contributed by atoms with van der Waals surface area (Å²) < 4.78 is 38.5. The number of nitro benzene ring substituents is 1. The van der Waals surface area contributed by atoms with Gasteiger partial charge in [0, 0.05) is 29.6 Å². The summed E-state index contributed by atoms with van der Waals surface area (Å²) in [5.41, 5.74) is -0.509. The van der Waals surface area contributed by atoms with Crippen molar-refractivity contribution < 1.29 is 18.1 Å². The summed E-state index contributed by atoms with van der Waals surface area (Å²) in [5, 5.41) is 19.9. The van der Waals surface area contributed by atoms with Crippen LogP contribution in [0, 0.1) is 17.0 Å². The van der Waals surface area contributed by atoms with Crippen molar-refractivity contribution in [3.8, 4) is 0 Å². The first-order valence-electron chi connectivity index (χ1n) is 5.87. The molecule has 2 aromatic rings. The van der Waals surface area contributed by atoms with Crippen molar-refractivity contribution in [1.82, 2.24) is 10.2 Å². The fourth-order valence-corrected chi connectivity index (χ4v) is 1.78. The van der Waals surface area contributed by atoms with Crippen LogP contribution in [-0.4, -0.2) is 15.1 Å². The molecule has 0 saturated heterocycles. The third kappa shape index (κ3) is 3.30. The van der Waals surface area contributed by atoms with Gasteiger partial charge in [0.1, 0.15) is 5.56 Å². The van der Waals surface area contributed by atoms with E-state index in [0.29, 0.717) is 0 Å². The minimum atomic E-state index is -4.79. The van der Waals surface area contributed by atoms with E-state index in [4.69, 9.17) is 0 Å². The molecule has 0 unspecified atom stereocenters. The molecule has 0 spiro atoms. The molecule has 1 aromatic heterocycles. The highest BCUT2D eigenvalue weighted by molar-refractivity contribution is 5.55. The lowest BCUT2D eigenvalue weighted by Gasteiger charge is -2.11. The normalized spacial score (nSPS) is 11.4. The van der Waals surface area contributed by atoms with E-state index in [1.54, 1.807) is 13.1 Å². The van der Waals surface area contributed by atoms with Crippen molar-refractivity contribution >= 4 is 11.4 Å². The number of hydrogen-bond donors (Lipinski definition) is 2. The number of aromatic amines is 1. The summed E-state index contributed by atoms with van der Waals surface area (Å²) in [6.45, 7) is 2.04. The third-order valence-electron chi connectivity index (χ3n) is 2.92. The Balaban J connectivity index is 2.26. The van der Waals surface area contributed by atoms with E-state index >= 15 is 0 Å². The molecular weight excluding hydrogens is 289 g/mol. The summed E-state index contributed by atoms with van der Waals surface area (Å²) in [6, 6.07) is 2.81. The largest absolute Gasteiger partial charge is 0.423 e. The molecule has 21 heavy (non-hydrogen) atoms. The Bertz CT molecular complexity index is 667. The number of rotatable bonds is 4. The number of halogens is 3. The molecule has 1 heterocycles. The van der Waals surface area contributed by atoms with Gasteiger partial charge < -0.3 is 5.32 Å². The van der Waals surface area contributed by atoms with E-state index in [9.17, 15) is 23.3 Å². The monoisotopic (exact) mass is 300 g/mol. The predicted molar refractivity (Wildman–Crippen MR) is 68.7 cm³/mol. The van der Waals surface area contributed by atoms with Gasteiger partial charge in [-0.2, -0.15) is 18.3 Å². The Morgan fingerprint density at radius 3 is 2.67 bits per heavy atom.